The molecule has 1 aliphatic heterocycles. The Morgan fingerprint density at radius 2 is 1.10 bits per heavy atom. The van der Waals surface area contributed by atoms with E-state index in [4.69, 9.17) is 35.3 Å². The van der Waals surface area contributed by atoms with Crippen LogP contribution < -0.4 is 0 Å². The molecular weight excluding hydrogens is 772 g/mol. The van der Waals surface area contributed by atoms with Gasteiger partial charge >= 0.3 is 0 Å². The minimum atomic E-state index is -1.36. The summed E-state index contributed by atoms with van der Waals surface area (Å²) < 4.78 is 35.1. The monoisotopic (exact) mass is 826 g/mol. The number of phenolic OH excluding ortho intramolecular Hbond substituents is 1. The van der Waals surface area contributed by atoms with Crippen LogP contribution in [0.15, 0.2) is 158 Å². The van der Waals surface area contributed by atoms with Gasteiger partial charge in [-0.05, 0) is 76.8 Å². The summed E-state index contributed by atoms with van der Waals surface area (Å²) in [5.41, 5.74) is 6.26. The highest BCUT2D eigenvalue weighted by molar-refractivity contribution is 6.31. The summed E-state index contributed by atoms with van der Waals surface area (Å²) in [5, 5.41) is 23.1. The van der Waals surface area contributed by atoms with Gasteiger partial charge in [-0.3, -0.25) is 0 Å². The lowest BCUT2D eigenvalue weighted by atomic mass is 9.75. The van der Waals surface area contributed by atoms with E-state index in [0.717, 1.165) is 39.8 Å². The molecule has 0 amide bonds. The fourth-order valence-corrected chi connectivity index (χ4v) is 8.27. The van der Waals surface area contributed by atoms with Crippen molar-refractivity contribution in [3.05, 3.63) is 207 Å². The summed E-state index contributed by atoms with van der Waals surface area (Å²) in [6, 6.07) is 52.1. The molecule has 1 fully saturated rings. The third-order valence-corrected chi connectivity index (χ3v) is 11.6. The summed E-state index contributed by atoms with van der Waals surface area (Å²) in [6.45, 7) is 3.31. The third kappa shape index (κ3) is 11.1. The van der Waals surface area contributed by atoms with Crippen molar-refractivity contribution in [3.8, 4) is 5.75 Å². The van der Waals surface area contributed by atoms with Crippen molar-refractivity contribution in [2.24, 2.45) is 0 Å². The van der Waals surface area contributed by atoms with E-state index in [1.54, 1.807) is 6.07 Å². The molecule has 0 bridgehead atoms. The summed E-state index contributed by atoms with van der Waals surface area (Å²) in [7, 11) is 0. The van der Waals surface area contributed by atoms with Crippen molar-refractivity contribution in [2.45, 2.75) is 89.1 Å². The molecule has 0 spiro atoms. The Morgan fingerprint density at radius 1 is 0.600 bits per heavy atom. The van der Waals surface area contributed by atoms with E-state index >= 15 is 0 Å². The maximum absolute atomic E-state index is 12.1. The standard InChI is InChI=1S/C52H55ClO7/c1-2-38-24-26-39(27-25-38)30-44-31-45(47(55)32-46(44)53)52(28-15-29-54)51(59-36-43-22-13-6-14-23-43)50(58-35-42-20-11-5-12-21-42)49(57-34-41-18-9-4-10-19-41)48(60-52)37-56-33-40-16-7-3-8-17-40/h3-14,16-27,31-32,48-51,54-55H,2,15,28-30,33-37H2,1H3/t48-,49-,50-,51+,52+/m1/s1. The van der Waals surface area contributed by atoms with Crippen molar-refractivity contribution < 1.29 is 33.9 Å². The first-order valence-electron chi connectivity index (χ1n) is 20.9. The fourth-order valence-electron chi connectivity index (χ4n) is 8.05. The second-order valence-corrected chi connectivity index (χ2v) is 15.8. The minimum absolute atomic E-state index is 0.0363. The molecule has 0 radical (unpaired) electrons. The van der Waals surface area contributed by atoms with Gasteiger partial charge in [0.15, 0.2) is 0 Å². The van der Waals surface area contributed by atoms with Crippen LogP contribution in [0, 0.1) is 0 Å². The molecule has 2 N–H and O–H groups in total. The van der Waals surface area contributed by atoms with Gasteiger partial charge in [0, 0.05) is 17.2 Å². The van der Waals surface area contributed by atoms with E-state index in [-0.39, 0.29) is 45.2 Å². The largest absolute Gasteiger partial charge is 0.508 e. The van der Waals surface area contributed by atoms with Crippen molar-refractivity contribution in [1.29, 1.82) is 0 Å². The van der Waals surface area contributed by atoms with Gasteiger partial charge in [-0.1, -0.05) is 164 Å². The minimum Gasteiger partial charge on any atom is -0.508 e. The highest BCUT2D eigenvalue weighted by Gasteiger charge is 2.58. The SMILES string of the molecule is CCc1ccc(Cc2cc([C@]3(CCCO)O[C@H](COCc4ccccc4)[C@@H](OCc4ccccc4)[C@@H](OCc4ccccc4)[C@@H]3OCc3ccccc3)c(O)cc2Cl)cc1. The first-order valence-corrected chi connectivity index (χ1v) is 21.3. The van der Waals surface area contributed by atoms with E-state index in [9.17, 15) is 10.2 Å². The lowest BCUT2D eigenvalue weighted by Gasteiger charge is -2.53. The van der Waals surface area contributed by atoms with E-state index in [1.165, 1.54) is 5.56 Å². The van der Waals surface area contributed by atoms with Crippen molar-refractivity contribution in [1.82, 2.24) is 0 Å². The lowest BCUT2D eigenvalue weighted by molar-refractivity contribution is -0.316. The number of ether oxygens (including phenoxy) is 5. The smallest absolute Gasteiger partial charge is 0.126 e. The van der Waals surface area contributed by atoms with Crippen molar-refractivity contribution in [3.63, 3.8) is 0 Å². The summed E-state index contributed by atoms with van der Waals surface area (Å²) in [6.07, 6.45) is -0.860. The molecule has 312 valence electrons. The van der Waals surface area contributed by atoms with Crippen LogP contribution in [0.3, 0.4) is 0 Å². The number of aliphatic hydroxyl groups excluding tert-OH is 1. The highest BCUT2D eigenvalue weighted by atomic mass is 35.5. The lowest BCUT2D eigenvalue weighted by Crippen LogP contribution is -2.65. The zero-order chi connectivity index (χ0) is 41.6. The van der Waals surface area contributed by atoms with Gasteiger partial charge < -0.3 is 33.9 Å². The Hall–Kier alpha value is -4.83. The number of aliphatic hydroxyl groups is 1. The van der Waals surface area contributed by atoms with Crippen LogP contribution in [0.4, 0.5) is 0 Å². The molecule has 0 saturated carbocycles. The van der Waals surface area contributed by atoms with Crippen LogP contribution in [0.1, 0.15) is 64.3 Å². The Bertz CT molecular complexity index is 2170. The Kier molecular flexibility index (Phi) is 15.6. The predicted molar refractivity (Wildman–Crippen MR) is 236 cm³/mol. The molecule has 6 aromatic carbocycles. The summed E-state index contributed by atoms with van der Waals surface area (Å²) in [5.74, 6) is -0.0363. The topological polar surface area (TPSA) is 86.6 Å². The Labute approximate surface area is 359 Å². The molecule has 6 aromatic rings. The third-order valence-electron chi connectivity index (χ3n) is 11.2. The highest BCUT2D eigenvalue weighted by Crippen LogP contribution is 2.50. The maximum Gasteiger partial charge on any atom is 0.126 e. The van der Waals surface area contributed by atoms with Crippen LogP contribution in [0.25, 0.3) is 0 Å². The van der Waals surface area contributed by atoms with E-state index in [0.29, 0.717) is 30.0 Å². The molecule has 60 heavy (non-hydrogen) atoms. The van der Waals surface area contributed by atoms with E-state index in [2.05, 4.69) is 31.2 Å². The van der Waals surface area contributed by atoms with Gasteiger partial charge in [-0.15, -0.1) is 0 Å². The van der Waals surface area contributed by atoms with Gasteiger partial charge in [0.05, 0.1) is 33.0 Å². The zero-order valence-corrected chi connectivity index (χ0v) is 35.0. The number of phenols is 1. The molecule has 0 aliphatic carbocycles. The summed E-state index contributed by atoms with van der Waals surface area (Å²) >= 11 is 6.96. The van der Waals surface area contributed by atoms with Crippen LogP contribution in [0.5, 0.6) is 5.75 Å². The number of halogens is 1. The van der Waals surface area contributed by atoms with Gasteiger partial charge in [-0.2, -0.15) is 0 Å². The number of benzene rings is 6. The zero-order valence-electron chi connectivity index (χ0n) is 34.2. The molecule has 7 nitrogen and oxygen atoms in total. The van der Waals surface area contributed by atoms with Crippen molar-refractivity contribution in [2.75, 3.05) is 13.2 Å². The number of aryl methyl sites for hydroxylation is 1. The average molecular weight is 827 g/mol. The van der Waals surface area contributed by atoms with Crippen LogP contribution >= 0.6 is 11.6 Å². The first-order chi connectivity index (χ1) is 29.5. The molecule has 8 heteroatoms. The fraction of sp³-hybridized carbons (Fsp3) is 0.308. The molecule has 7 rings (SSSR count). The van der Waals surface area contributed by atoms with Gasteiger partial charge in [0.1, 0.15) is 35.8 Å². The number of rotatable bonds is 20. The molecule has 1 saturated heterocycles. The van der Waals surface area contributed by atoms with Gasteiger partial charge in [0.2, 0.25) is 0 Å². The number of hydrogen-bond donors (Lipinski definition) is 2. The normalized spacial score (nSPS) is 20.2. The second kappa shape index (κ2) is 21.6. The molecule has 1 aliphatic rings. The molecular formula is C52H55ClO7. The predicted octanol–water partition coefficient (Wildman–Crippen LogP) is 10.5. The average Bonchev–Trinajstić information content (AvgIpc) is 3.29. The van der Waals surface area contributed by atoms with E-state index in [1.807, 2.05) is 127 Å². The van der Waals surface area contributed by atoms with Crippen LogP contribution in [-0.4, -0.2) is 47.8 Å². The van der Waals surface area contributed by atoms with Crippen LogP contribution in [-0.2, 0) is 68.6 Å². The quantitative estimate of drug-likeness (QED) is 0.0793. The van der Waals surface area contributed by atoms with E-state index < -0.39 is 30.0 Å². The number of aromatic hydroxyl groups is 1. The second-order valence-electron chi connectivity index (χ2n) is 15.4. The first kappa shape index (κ1) is 43.3. The maximum atomic E-state index is 12.1. The number of hydrogen-bond acceptors (Lipinski definition) is 7. The van der Waals surface area contributed by atoms with Crippen LogP contribution in [0.2, 0.25) is 5.02 Å². The van der Waals surface area contributed by atoms with Gasteiger partial charge in [0.25, 0.3) is 0 Å². The van der Waals surface area contributed by atoms with Gasteiger partial charge in [-0.25, -0.2) is 0 Å². The van der Waals surface area contributed by atoms with Crippen molar-refractivity contribution >= 4 is 11.6 Å². The molecule has 5 atom stereocenters. The molecule has 0 aromatic heterocycles. The molecule has 0 unspecified atom stereocenters. The Morgan fingerprint density at radius 3 is 1.63 bits per heavy atom. The summed E-state index contributed by atoms with van der Waals surface area (Å²) in [4.78, 5) is 0. The molecule has 1 heterocycles. The Balaban J connectivity index is 1.36.